The number of alkyl halides is 3. The Morgan fingerprint density at radius 2 is 1.65 bits per heavy atom. The van der Waals surface area contributed by atoms with Crippen LogP contribution < -0.4 is 5.32 Å². The number of esters is 1. The number of halogens is 5. The number of benzene rings is 2. The zero-order valence-corrected chi connectivity index (χ0v) is 14.6. The van der Waals surface area contributed by atoms with Crippen molar-refractivity contribution in [3.8, 4) is 0 Å². The van der Waals surface area contributed by atoms with E-state index in [2.05, 4.69) is 5.32 Å². The summed E-state index contributed by atoms with van der Waals surface area (Å²) >= 11 is 11.6. The first kappa shape index (κ1) is 20.1. The van der Waals surface area contributed by atoms with Crippen molar-refractivity contribution in [2.24, 2.45) is 0 Å². The van der Waals surface area contributed by atoms with E-state index < -0.39 is 30.2 Å². The van der Waals surface area contributed by atoms with Crippen molar-refractivity contribution in [3.05, 3.63) is 63.6 Å². The molecule has 0 aliphatic heterocycles. The molecule has 0 fully saturated rings. The van der Waals surface area contributed by atoms with Crippen molar-refractivity contribution in [1.82, 2.24) is 0 Å². The third-order valence-corrected chi connectivity index (χ3v) is 3.93. The summed E-state index contributed by atoms with van der Waals surface area (Å²) in [5, 5.41) is 2.97. The van der Waals surface area contributed by atoms with E-state index in [-0.39, 0.29) is 17.1 Å². The minimum absolute atomic E-state index is 0.107. The molecular weight excluding hydrogens is 394 g/mol. The number of amides is 1. The van der Waals surface area contributed by atoms with E-state index in [1.807, 2.05) is 0 Å². The third kappa shape index (κ3) is 5.93. The number of carbonyl (C=O) groups is 2. The number of ether oxygens (including phenoxy) is 1. The van der Waals surface area contributed by atoms with Gasteiger partial charge in [0.15, 0.2) is 6.61 Å². The van der Waals surface area contributed by atoms with Crippen LogP contribution in [0.15, 0.2) is 42.5 Å². The van der Waals surface area contributed by atoms with Gasteiger partial charge in [-0.05, 0) is 42.0 Å². The van der Waals surface area contributed by atoms with E-state index in [1.165, 1.54) is 12.1 Å². The van der Waals surface area contributed by atoms with Gasteiger partial charge in [0.1, 0.15) is 0 Å². The monoisotopic (exact) mass is 405 g/mol. The van der Waals surface area contributed by atoms with Crippen LogP contribution >= 0.6 is 23.2 Å². The van der Waals surface area contributed by atoms with Crippen molar-refractivity contribution in [2.45, 2.75) is 12.6 Å². The van der Waals surface area contributed by atoms with Gasteiger partial charge in [0, 0.05) is 5.69 Å². The lowest BCUT2D eigenvalue weighted by Crippen LogP contribution is -2.21. The number of nitrogens with one attached hydrogen (secondary N) is 1. The smallest absolute Gasteiger partial charge is 0.416 e. The Hall–Kier alpha value is -2.25. The largest absolute Gasteiger partial charge is 0.455 e. The van der Waals surface area contributed by atoms with E-state index in [4.69, 9.17) is 27.9 Å². The van der Waals surface area contributed by atoms with Crippen molar-refractivity contribution in [3.63, 3.8) is 0 Å². The van der Waals surface area contributed by atoms with E-state index >= 15 is 0 Å². The molecule has 0 saturated carbocycles. The Balaban J connectivity index is 1.82. The molecule has 0 aliphatic rings. The molecule has 0 aromatic heterocycles. The minimum Gasteiger partial charge on any atom is -0.455 e. The molecule has 0 unspecified atom stereocenters. The standard InChI is InChI=1S/C17H12Cl2F3NO3/c18-13-6-1-10(7-14(13)19)8-16(25)26-9-15(24)23-12-4-2-11(3-5-12)17(20,21)22/h1-7H,8-9H2,(H,23,24). The van der Waals surface area contributed by atoms with Crippen LogP contribution in [0.25, 0.3) is 0 Å². The van der Waals surface area contributed by atoms with Gasteiger partial charge in [-0.1, -0.05) is 29.3 Å². The highest BCUT2D eigenvalue weighted by Crippen LogP contribution is 2.29. The maximum absolute atomic E-state index is 12.5. The fourth-order valence-electron chi connectivity index (χ4n) is 1.95. The van der Waals surface area contributed by atoms with Gasteiger partial charge in [-0.25, -0.2) is 0 Å². The van der Waals surface area contributed by atoms with Gasteiger partial charge in [0.05, 0.1) is 22.0 Å². The highest BCUT2D eigenvalue weighted by molar-refractivity contribution is 6.42. The molecule has 9 heteroatoms. The van der Waals surface area contributed by atoms with Crippen molar-refractivity contribution in [2.75, 3.05) is 11.9 Å². The molecule has 1 amide bonds. The van der Waals surface area contributed by atoms with Crippen LogP contribution in [0.3, 0.4) is 0 Å². The predicted octanol–water partition coefficient (Wildman–Crippen LogP) is 4.74. The van der Waals surface area contributed by atoms with Gasteiger partial charge in [-0.3, -0.25) is 9.59 Å². The number of hydrogen-bond acceptors (Lipinski definition) is 3. The third-order valence-electron chi connectivity index (χ3n) is 3.19. The van der Waals surface area contributed by atoms with Gasteiger partial charge in [0.25, 0.3) is 5.91 Å². The second-order valence-corrected chi connectivity index (χ2v) is 6.02. The fourth-order valence-corrected chi connectivity index (χ4v) is 2.27. The fraction of sp³-hybridized carbons (Fsp3) is 0.176. The molecule has 0 bridgehead atoms. The Kier molecular flexibility index (Phi) is 6.50. The van der Waals surface area contributed by atoms with Gasteiger partial charge >= 0.3 is 12.1 Å². The van der Waals surface area contributed by atoms with Gasteiger partial charge in [-0.2, -0.15) is 13.2 Å². The molecule has 0 spiro atoms. The first-order chi connectivity index (χ1) is 12.1. The second-order valence-electron chi connectivity index (χ2n) is 5.21. The maximum atomic E-state index is 12.5. The Morgan fingerprint density at radius 3 is 2.23 bits per heavy atom. The van der Waals surface area contributed by atoms with Crippen molar-refractivity contribution in [1.29, 1.82) is 0 Å². The molecule has 2 rings (SSSR count). The van der Waals surface area contributed by atoms with Crippen molar-refractivity contribution >= 4 is 40.8 Å². The molecule has 4 nitrogen and oxygen atoms in total. The molecular formula is C17H12Cl2F3NO3. The lowest BCUT2D eigenvalue weighted by atomic mass is 10.1. The van der Waals surface area contributed by atoms with E-state index in [9.17, 15) is 22.8 Å². The van der Waals surface area contributed by atoms with Crippen molar-refractivity contribution < 1.29 is 27.5 Å². The molecule has 0 heterocycles. The Morgan fingerprint density at radius 1 is 1.00 bits per heavy atom. The average molecular weight is 406 g/mol. The van der Waals surface area contributed by atoms with Crippen LogP contribution in [0.5, 0.6) is 0 Å². The van der Waals surface area contributed by atoms with E-state index in [0.29, 0.717) is 10.6 Å². The van der Waals surface area contributed by atoms with Crippen LogP contribution in [-0.4, -0.2) is 18.5 Å². The summed E-state index contributed by atoms with van der Waals surface area (Å²) in [5.74, 6) is -1.33. The predicted molar refractivity (Wildman–Crippen MR) is 91.2 cm³/mol. The van der Waals surface area contributed by atoms with Crippen LogP contribution in [0, 0.1) is 0 Å². The molecule has 1 N–H and O–H groups in total. The second kappa shape index (κ2) is 8.42. The molecule has 0 radical (unpaired) electrons. The molecule has 2 aromatic carbocycles. The summed E-state index contributed by atoms with van der Waals surface area (Å²) in [4.78, 5) is 23.4. The molecule has 26 heavy (non-hydrogen) atoms. The first-order valence-corrected chi connectivity index (χ1v) is 7.97. The summed E-state index contributed by atoms with van der Waals surface area (Å²) in [6.07, 6.45) is -4.56. The minimum atomic E-state index is -4.46. The topological polar surface area (TPSA) is 55.4 Å². The number of anilines is 1. The first-order valence-electron chi connectivity index (χ1n) is 7.22. The summed E-state index contributed by atoms with van der Waals surface area (Å²) in [7, 11) is 0. The molecule has 2 aromatic rings. The maximum Gasteiger partial charge on any atom is 0.416 e. The van der Waals surface area contributed by atoms with Crippen LogP contribution in [0.1, 0.15) is 11.1 Å². The normalized spacial score (nSPS) is 11.1. The summed E-state index contributed by atoms with van der Waals surface area (Å²) in [6.45, 7) is -0.568. The highest BCUT2D eigenvalue weighted by atomic mass is 35.5. The number of carbonyl (C=O) groups excluding carboxylic acids is 2. The molecule has 0 aliphatic carbocycles. The quantitative estimate of drug-likeness (QED) is 0.731. The number of rotatable bonds is 5. The van der Waals surface area contributed by atoms with E-state index in [1.54, 1.807) is 6.07 Å². The summed E-state index contributed by atoms with van der Waals surface area (Å²) in [5.41, 5.74) is -0.111. The Bertz CT molecular complexity index is 808. The van der Waals surface area contributed by atoms with Gasteiger partial charge < -0.3 is 10.1 Å². The van der Waals surface area contributed by atoms with Gasteiger partial charge in [0.2, 0.25) is 0 Å². The lowest BCUT2D eigenvalue weighted by Gasteiger charge is -2.09. The zero-order valence-electron chi connectivity index (χ0n) is 13.1. The molecule has 138 valence electrons. The summed E-state index contributed by atoms with van der Waals surface area (Å²) in [6, 6.07) is 8.53. The van der Waals surface area contributed by atoms with Crippen LogP contribution in [0.2, 0.25) is 10.0 Å². The van der Waals surface area contributed by atoms with Crippen LogP contribution in [0.4, 0.5) is 18.9 Å². The van der Waals surface area contributed by atoms with Gasteiger partial charge in [-0.15, -0.1) is 0 Å². The summed E-state index contributed by atoms with van der Waals surface area (Å²) < 4.78 is 42.2. The molecule has 0 saturated heterocycles. The highest BCUT2D eigenvalue weighted by Gasteiger charge is 2.29. The zero-order chi connectivity index (χ0) is 19.3. The SMILES string of the molecule is O=C(COC(=O)Cc1ccc(Cl)c(Cl)c1)Nc1ccc(C(F)(F)F)cc1. The van der Waals surface area contributed by atoms with E-state index in [0.717, 1.165) is 24.3 Å². The molecule has 0 atom stereocenters. The average Bonchev–Trinajstić information content (AvgIpc) is 2.56. The lowest BCUT2D eigenvalue weighted by molar-refractivity contribution is -0.146. The Labute approximate surface area is 156 Å². The van der Waals surface area contributed by atoms with Crippen LogP contribution in [-0.2, 0) is 26.9 Å². The number of hydrogen-bond donors (Lipinski definition) is 1.